The first-order chi connectivity index (χ1) is 48.6. The van der Waals surface area contributed by atoms with Crippen molar-refractivity contribution in [3.8, 4) is 5.75 Å². The molecule has 4 aromatic carbocycles. The summed E-state index contributed by atoms with van der Waals surface area (Å²) in [5.74, 6) is -9.83. The second-order valence-corrected chi connectivity index (χ2v) is 25.7. The molecule has 0 aliphatic carbocycles. The number of aliphatic imine (C=N–C) groups is 1. The molecular weight excluding hydrogens is 1340 g/mol. The summed E-state index contributed by atoms with van der Waals surface area (Å²) in [6.07, 6.45) is 2.70. The number of nitrogens with zero attached hydrogens (tertiary/aromatic N) is 3. The Morgan fingerprint density at radius 2 is 1.10 bits per heavy atom. The van der Waals surface area contributed by atoms with Gasteiger partial charge in [-0.25, -0.2) is 4.79 Å². The lowest BCUT2D eigenvalue weighted by atomic mass is 9.97. The van der Waals surface area contributed by atoms with Gasteiger partial charge in [-0.2, -0.15) is 0 Å². The molecule has 1 saturated heterocycles. The maximum absolute atomic E-state index is 14.9. The second kappa shape index (κ2) is 39.7. The van der Waals surface area contributed by atoms with Crippen molar-refractivity contribution in [3.05, 3.63) is 143 Å². The number of phenolic OH excluding ortho intramolecular Hbond substituents is 1. The second-order valence-electron chi connectivity index (χ2n) is 25.3. The standard InChI is InChI=1S/C70H92ClN17O14/c1-39(2)32-52(61(94)82-51(18-10-29-77-69(73)74)68(101)88-31-11-19-58(88)67(100)79-40(3)59(72)92)83-60(93)50(17-9-30-78-70(75)102)81-62(95)53(34-43-22-26-48(91)27-23-43)86-66(99)57(38-89)87-64(97)55(35-44-12-8-28-76-37-44)85-63(96)54(33-42-20-24-47(71)25-21-42)84-65(98)56(80-41(4)90)36-46-15-7-14-45-13-5-6-16-49(45)46/h5-8,12-16,20-28,37,39-40,50-58,89,91H,9-11,17-19,29-36,38H2,1-4H3,(H2,72,92)(H,79,100)(H,80,90)(H,81,95)(H,82,94)(H,83,93)(H,84,98)(H,85,96)(H,86,99)(H,87,97)(H4,73,74,77)(H3,75,78,102)/t40-,50-,51+,52+,53+,54-,55-,56-,57+,58+/m1/s1. The third-order valence-electron chi connectivity index (χ3n) is 16.7. The van der Waals surface area contributed by atoms with Crippen LogP contribution < -0.4 is 76.1 Å². The molecule has 1 aliphatic rings. The van der Waals surface area contributed by atoms with Gasteiger partial charge in [-0.15, -0.1) is 0 Å². The van der Waals surface area contributed by atoms with E-state index in [4.69, 9.17) is 34.5 Å². The number of nitrogens with two attached hydrogens (primary N) is 4. The van der Waals surface area contributed by atoms with E-state index in [0.717, 1.165) is 16.3 Å². The highest BCUT2D eigenvalue weighted by Crippen LogP contribution is 2.23. The van der Waals surface area contributed by atoms with Gasteiger partial charge < -0.3 is 91.2 Å². The molecule has 2 heterocycles. The number of guanidine groups is 1. The minimum Gasteiger partial charge on any atom is -0.508 e. The predicted molar refractivity (Wildman–Crippen MR) is 378 cm³/mol. The number of rotatable bonds is 38. The van der Waals surface area contributed by atoms with Gasteiger partial charge in [0.05, 0.1) is 6.61 Å². The molecular formula is C70H92ClN17O14. The maximum atomic E-state index is 14.9. The van der Waals surface area contributed by atoms with Crippen molar-refractivity contribution < 1.29 is 67.7 Å². The topological polar surface area (TPSA) is 498 Å². The fraction of sp³-hybridized carbons (Fsp3) is 0.429. The smallest absolute Gasteiger partial charge is 0.312 e. The number of benzene rings is 4. The molecule has 0 bridgehead atoms. The van der Waals surface area contributed by atoms with Gasteiger partial charge in [0, 0.05) is 69.7 Å². The summed E-state index contributed by atoms with van der Waals surface area (Å²) in [5.41, 5.74) is 23.9. The Labute approximate surface area is 595 Å². The number of halogens is 1. The summed E-state index contributed by atoms with van der Waals surface area (Å²) in [6.45, 7) is 5.15. The monoisotopic (exact) mass is 1430 g/mol. The SMILES string of the molecule is CC(=O)N[C@H](Cc1cccc2ccccc12)C(=O)N[C@H](Cc1ccc(Cl)cc1)C(=O)N[C@H](Cc1cccnc1)C(=O)N[C@@H](CO)C(=O)N[C@@H](Cc1ccc(O)cc1)C(=O)N[C@H](CCCNC(N)=O)C(=O)N[C@@H](CC(C)C)C(=O)N[C@@H](CCCN=C(N)N)C(=O)N1CCC[C@H]1C(=O)N[C@H](C)C(N)=O. The van der Waals surface area contributed by atoms with Gasteiger partial charge in [-0.3, -0.25) is 62.7 Å². The van der Waals surface area contributed by atoms with Gasteiger partial charge in [-0.05, 0) is 121 Å². The summed E-state index contributed by atoms with van der Waals surface area (Å²) >= 11 is 6.23. The van der Waals surface area contributed by atoms with Crippen LogP contribution >= 0.6 is 11.6 Å². The van der Waals surface area contributed by atoms with Crippen molar-refractivity contribution in [3.63, 3.8) is 0 Å². The molecule has 1 aliphatic heterocycles. The van der Waals surface area contributed by atoms with Gasteiger partial charge >= 0.3 is 6.03 Å². The summed E-state index contributed by atoms with van der Waals surface area (Å²) in [4.78, 5) is 176. The van der Waals surface area contributed by atoms with Crippen molar-refractivity contribution in [2.75, 3.05) is 26.2 Å². The van der Waals surface area contributed by atoms with E-state index in [1.54, 1.807) is 50.2 Å². The van der Waals surface area contributed by atoms with E-state index in [-0.39, 0.29) is 101 Å². The number of nitrogens with one attached hydrogen (secondary N) is 10. The molecule has 548 valence electrons. The summed E-state index contributed by atoms with van der Waals surface area (Å²) in [6, 6.07) is 13.3. The molecule has 10 atom stereocenters. The lowest BCUT2D eigenvalue weighted by Crippen LogP contribution is -2.61. The van der Waals surface area contributed by atoms with Gasteiger partial charge in [0.25, 0.3) is 0 Å². The van der Waals surface area contributed by atoms with Crippen molar-refractivity contribution in [1.82, 2.24) is 63.1 Å². The molecule has 32 heteroatoms. The van der Waals surface area contributed by atoms with E-state index in [0.29, 0.717) is 28.1 Å². The Bertz CT molecular complexity index is 3770. The van der Waals surface area contributed by atoms with E-state index in [1.165, 1.54) is 55.4 Å². The highest BCUT2D eigenvalue weighted by atomic mass is 35.5. The first kappa shape index (κ1) is 80.0. The first-order valence-electron chi connectivity index (χ1n) is 33.5. The molecule has 5 aromatic rings. The number of aromatic hydroxyl groups is 1. The minimum atomic E-state index is -1.85. The molecule has 13 amide bonds. The van der Waals surface area contributed by atoms with Crippen LogP contribution in [0.25, 0.3) is 10.8 Å². The fourth-order valence-electron chi connectivity index (χ4n) is 11.5. The number of urea groups is 1. The third-order valence-corrected chi connectivity index (χ3v) is 17.0. The third kappa shape index (κ3) is 25.7. The average Bonchev–Trinajstić information content (AvgIpc) is 1.53. The number of primary amides is 2. The molecule has 20 N–H and O–H groups in total. The zero-order valence-electron chi connectivity index (χ0n) is 57.2. The van der Waals surface area contributed by atoms with E-state index in [9.17, 15) is 67.7 Å². The lowest BCUT2D eigenvalue weighted by Gasteiger charge is -2.31. The number of carbonyl (C=O) groups excluding carboxylic acids is 12. The molecule has 102 heavy (non-hydrogen) atoms. The number of pyridine rings is 1. The van der Waals surface area contributed by atoms with E-state index in [2.05, 4.69) is 63.1 Å². The fourth-order valence-corrected chi connectivity index (χ4v) is 11.6. The van der Waals surface area contributed by atoms with Crippen LogP contribution in [0.3, 0.4) is 0 Å². The van der Waals surface area contributed by atoms with Gasteiger partial charge in [-0.1, -0.05) is 98.2 Å². The minimum absolute atomic E-state index is 0.000393. The number of phenols is 1. The van der Waals surface area contributed by atoms with E-state index >= 15 is 0 Å². The predicted octanol–water partition coefficient (Wildman–Crippen LogP) is -0.716. The molecule has 31 nitrogen and oxygen atoms in total. The zero-order valence-corrected chi connectivity index (χ0v) is 58.0. The maximum Gasteiger partial charge on any atom is 0.312 e. The van der Waals surface area contributed by atoms with E-state index in [1.807, 2.05) is 42.5 Å². The largest absolute Gasteiger partial charge is 0.508 e. The molecule has 0 saturated carbocycles. The number of aromatic nitrogens is 1. The van der Waals surface area contributed by atoms with Crippen LogP contribution in [0.4, 0.5) is 4.79 Å². The molecule has 0 spiro atoms. The average molecular weight is 1430 g/mol. The summed E-state index contributed by atoms with van der Waals surface area (Å²) < 4.78 is 0. The number of aliphatic hydroxyl groups excluding tert-OH is 1. The Balaban J connectivity index is 1.26. The number of hydrogen-bond donors (Lipinski definition) is 16. The van der Waals surface area contributed by atoms with Crippen LogP contribution in [-0.4, -0.2) is 184 Å². The molecule has 0 radical (unpaired) electrons. The quantitative estimate of drug-likeness (QED) is 0.0132. The molecule has 1 fully saturated rings. The highest BCUT2D eigenvalue weighted by molar-refractivity contribution is 6.30. The van der Waals surface area contributed by atoms with Crippen molar-refractivity contribution in [2.24, 2.45) is 33.8 Å². The van der Waals surface area contributed by atoms with Crippen LogP contribution in [0.5, 0.6) is 5.75 Å². The lowest BCUT2D eigenvalue weighted by molar-refractivity contribution is -0.142. The number of hydrogen-bond acceptors (Lipinski definition) is 16. The van der Waals surface area contributed by atoms with Crippen LogP contribution in [0, 0.1) is 5.92 Å². The van der Waals surface area contributed by atoms with Crippen LogP contribution in [0.2, 0.25) is 5.02 Å². The van der Waals surface area contributed by atoms with Crippen LogP contribution in [0.1, 0.15) is 94.9 Å². The Hall–Kier alpha value is -10.9. The molecule has 6 rings (SSSR count). The van der Waals surface area contributed by atoms with Gasteiger partial charge in [0.15, 0.2) is 5.96 Å². The van der Waals surface area contributed by atoms with Crippen LogP contribution in [0.15, 0.2) is 121 Å². The Morgan fingerprint density at radius 1 is 0.578 bits per heavy atom. The number of aliphatic hydroxyl groups is 1. The van der Waals surface area contributed by atoms with Gasteiger partial charge in [0.1, 0.15) is 66.2 Å². The van der Waals surface area contributed by atoms with Crippen LogP contribution in [-0.2, 0) is 78.4 Å². The highest BCUT2D eigenvalue weighted by Gasteiger charge is 2.40. The summed E-state index contributed by atoms with van der Waals surface area (Å²) in [7, 11) is 0. The molecule has 0 unspecified atom stereocenters. The van der Waals surface area contributed by atoms with Crippen molar-refractivity contribution in [2.45, 2.75) is 159 Å². The zero-order chi connectivity index (χ0) is 74.6. The van der Waals surface area contributed by atoms with Gasteiger partial charge in [0.2, 0.25) is 65.0 Å². The first-order valence-corrected chi connectivity index (χ1v) is 33.8. The molecule has 1 aromatic heterocycles. The normalized spacial score (nSPS) is 15.2. The number of fused-ring (bicyclic) bond motifs is 1. The number of likely N-dealkylation sites (tertiary alicyclic amines) is 1. The van der Waals surface area contributed by atoms with E-state index < -0.39 is 138 Å². The summed E-state index contributed by atoms with van der Waals surface area (Å²) in [5, 5.41) is 49.5. The Morgan fingerprint density at radius 3 is 1.67 bits per heavy atom. The van der Waals surface area contributed by atoms with Crippen molar-refractivity contribution in [1.29, 1.82) is 0 Å². The number of carbonyl (C=O) groups is 12. The van der Waals surface area contributed by atoms with Crippen molar-refractivity contribution >= 4 is 99.3 Å². The Kier molecular flexibility index (Phi) is 31.2. The number of amides is 13.